The summed E-state index contributed by atoms with van der Waals surface area (Å²) in [5.74, 6) is -0.110. The minimum Gasteiger partial charge on any atom is -0.453 e. The molecule has 3 heterocycles. The molecule has 0 spiro atoms. The molecular weight excluding hydrogens is 529 g/mol. The van der Waals surface area contributed by atoms with Gasteiger partial charge in [0.15, 0.2) is 17.2 Å². The Labute approximate surface area is 225 Å². The highest BCUT2D eigenvalue weighted by Gasteiger charge is 2.44. The number of benzene rings is 2. The molecule has 196 valence electrons. The summed E-state index contributed by atoms with van der Waals surface area (Å²) >= 11 is 6.09. The van der Waals surface area contributed by atoms with Crippen molar-refractivity contribution in [1.82, 2.24) is 30.2 Å². The van der Waals surface area contributed by atoms with Gasteiger partial charge in [0, 0.05) is 28.6 Å². The Morgan fingerprint density at radius 3 is 2.74 bits per heavy atom. The lowest BCUT2D eigenvalue weighted by molar-refractivity contribution is 0.0498. The van der Waals surface area contributed by atoms with E-state index in [4.69, 9.17) is 16.0 Å². The summed E-state index contributed by atoms with van der Waals surface area (Å²) < 4.78 is 27.1. The fourth-order valence-corrected chi connectivity index (χ4v) is 4.77. The van der Waals surface area contributed by atoms with Gasteiger partial charge in [0.05, 0.1) is 29.7 Å². The second kappa shape index (κ2) is 9.57. The molecule has 2 aromatic carbocycles. The van der Waals surface area contributed by atoms with Crippen LogP contribution in [0.1, 0.15) is 23.6 Å². The molecule has 1 amide bonds. The molecule has 5 aromatic rings. The first-order chi connectivity index (χ1) is 18.9. The summed E-state index contributed by atoms with van der Waals surface area (Å²) in [4.78, 5) is 20.2. The highest BCUT2D eigenvalue weighted by Crippen LogP contribution is 2.43. The number of tetrazole rings is 1. The lowest BCUT2D eigenvalue weighted by atomic mass is 9.99. The number of hydrogen-bond donors (Lipinski definition) is 2. The summed E-state index contributed by atoms with van der Waals surface area (Å²) in [6, 6.07) is 11.7. The summed E-state index contributed by atoms with van der Waals surface area (Å²) in [5.41, 5.74) is 1.81. The van der Waals surface area contributed by atoms with Crippen molar-refractivity contribution < 1.29 is 23.4 Å². The van der Waals surface area contributed by atoms with Crippen LogP contribution in [0, 0.1) is 5.82 Å². The summed E-state index contributed by atoms with van der Waals surface area (Å²) in [5, 5.41) is 25.2. The molecule has 3 aromatic heterocycles. The van der Waals surface area contributed by atoms with Gasteiger partial charge in [0.25, 0.3) is 0 Å². The van der Waals surface area contributed by atoms with Crippen molar-refractivity contribution in [2.75, 3.05) is 12.4 Å². The van der Waals surface area contributed by atoms with E-state index < -0.39 is 17.5 Å². The number of anilines is 1. The van der Waals surface area contributed by atoms with Crippen molar-refractivity contribution in [3.63, 3.8) is 0 Å². The molecule has 1 aliphatic rings. The van der Waals surface area contributed by atoms with Crippen LogP contribution in [0.5, 0.6) is 0 Å². The van der Waals surface area contributed by atoms with E-state index in [0.717, 1.165) is 5.56 Å². The maximum Gasteiger partial charge on any atom is 0.411 e. The molecule has 6 rings (SSSR count). The smallest absolute Gasteiger partial charge is 0.411 e. The first-order valence-corrected chi connectivity index (χ1v) is 12.1. The molecule has 13 heteroatoms. The molecule has 11 nitrogen and oxygen atoms in total. The lowest BCUT2D eigenvalue weighted by Crippen LogP contribution is -2.25. The van der Waals surface area contributed by atoms with Gasteiger partial charge in [-0.3, -0.25) is 10.3 Å². The van der Waals surface area contributed by atoms with Crippen molar-refractivity contribution in [1.29, 1.82) is 0 Å². The zero-order valence-corrected chi connectivity index (χ0v) is 21.1. The number of carbonyl (C=O) groups is 1. The zero-order valence-electron chi connectivity index (χ0n) is 20.3. The van der Waals surface area contributed by atoms with Crippen LogP contribution in [-0.4, -0.2) is 48.5 Å². The van der Waals surface area contributed by atoms with Gasteiger partial charge < -0.3 is 14.3 Å². The van der Waals surface area contributed by atoms with Crippen LogP contribution >= 0.6 is 11.6 Å². The quantitative estimate of drug-likeness (QED) is 0.324. The Balaban J connectivity index is 1.32. The molecule has 0 saturated heterocycles. The monoisotopic (exact) mass is 547 g/mol. The van der Waals surface area contributed by atoms with E-state index >= 15 is 4.39 Å². The van der Waals surface area contributed by atoms with Crippen LogP contribution < -0.4 is 5.32 Å². The number of methoxy groups -OCH3 is 1. The lowest BCUT2D eigenvalue weighted by Gasteiger charge is -2.19. The van der Waals surface area contributed by atoms with Gasteiger partial charge >= 0.3 is 6.09 Å². The number of aliphatic hydroxyl groups is 1. The number of aryl methyl sites for hydroxylation is 1. The molecule has 1 aliphatic carbocycles. The molecule has 1 unspecified atom stereocenters. The zero-order chi connectivity index (χ0) is 27.1. The molecular formula is C26H19ClFN7O4. The Hall–Kier alpha value is -4.68. The predicted octanol–water partition coefficient (Wildman–Crippen LogP) is 4.53. The van der Waals surface area contributed by atoms with Gasteiger partial charge in [-0.1, -0.05) is 11.6 Å². The van der Waals surface area contributed by atoms with Crippen LogP contribution in [0.2, 0.25) is 5.02 Å². The SMILES string of the molecule is COC(=O)Nc1ccc(-c2cnc(C3(O)CCc4cc(-c5c(-n6cnnn6)ccc(Cl)c5F)cnc43)o2)cc1. The van der Waals surface area contributed by atoms with Crippen molar-refractivity contribution in [2.45, 2.75) is 18.4 Å². The maximum absolute atomic E-state index is 15.2. The first kappa shape index (κ1) is 24.6. The Morgan fingerprint density at radius 2 is 2.00 bits per heavy atom. The molecule has 39 heavy (non-hydrogen) atoms. The normalized spacial score (nSPS) is 16.2. The number of nitrogens with one attached hydrogen (secondary N) is 1. The third-order valence-electron chi connectivity index (χ3n) is 6.53. The van der Waals surface area contributed by atoms with E-state index in [-0.39, 0.29) is 22.9 Å². The minimum absolute atomic E-state index is 0.0553. The second-order valence-corrected chi connectivity index (χ2v) is 9.23. The number of pyridine rings is 1. The first-order valence-electron chi connectivity index (χ1n) is 11.7. The maximum atomic E-state index is 15.2. The van der Waals surface area contributed by atoms with Crippen LogP contribution in [-0.2, 0) is 16.8 Å². The fourth-order valence-electron chi connectivity index (χ4n) is 4.62. The van der Waals surface area contributed by atoms with E-state index in [9.17, 15) is 9.90 Å². The van der Waals surface area contributed by atoms with E-state index in [1.165, 1.54) is 36.6 Å². The molecule has 0 bridgehead atoms. The number of oxazole rings is 1. The number of hydrogen-bond acceptors (Lipinski definition) is 9. The Bertz CT molecular complexity index is 1690. The van der Waals surface area contributed by atoms with Gasteiger partial charge in [-0.25, -0.2) is 14.2 Å². The van der Waals surface area contributed by atoms with Crippen molar-refractivity contribution in [2.24, 2.45) is 0 Å². The van der Waals surface area contributed by atoms with Gasteiger partial charge in [-0.2, -0.15) is 4.68 Å². The van der Waals surface area contributed by atoms with E-state index in [2.05, 4.69) is 35.5 Å². The number of rotatable bonds is 5. The molecule has 2 N–H and O–H groups in total. The van der Waals surface area contributed by atoms with Crippen molar-refractivity contribution in [3.05, 3.63) is 89.2 Å². The summed E-state index contributed by atoms with van der Waals surface area (Å²) in [7, 11) is 1.28. The number of aromatic nitrogens is 6. The molecule has 0 aliphatic heterocycles. The number of amides is 1. The third kappa shape index (κ3) is 4.29. The van der Waals surface area contributed by atoms with E-state index in [1.807, 2.05) is 0 Å². The van der Waals surface area contributed by atoms with Gasteiger partial charge in [0.1, 0.15) is 6.33 Å². The van der Waals surface area contributed by atoms with Crippen LogP contribution in [0.4, 0.5) is 14.9 Å². The third-order valence-corrected chi connectivity index (χ3v) is 6.82. The molecule has 0 fully saturated rings. The Kier molecular flexibility index (Phi) is 6.04. The van der Waals surface area contributed by atoms with Gasteiger partial charge in [-0.05, 0) is 71.3 Å². The number of ether oxygens (including phenoxy) is 1. The van der Waals surface area contributed by atoms with E-state index in [1.54, 1.807) is 36.4 Å². The number of carbonyl (C=O) groups excluding carboxylic acids is 1. The number of halogens is 2. The largest absolute Gasteiger partial charge is 0.453 e. The van der Waals surface area contributed by atoms with Gasteiger partial charge in [-0.15, -0.1) is 5.10 Å². The van der Waals surface area contributed by atoms with Crippen molar-refractivity contribution >= 4 is 23.4 Å². The van der Waals surface area contributed by atoms with Crippen molar-refractivity contribution in [3.8, 4) is 28.1 Å². The van der Waals surface area contributed by atoms with Crippen LogP contribution in [0.15, 0.2) is 65.6 Å². The van der Waals surface area contributed by atoms with Crippen LogP contribution in [0.25, 0.3) is 28.1 Å². The topological polar surface area (TPSA) is 141 Å². The minimum atomic E-state index is -1.57. The average Bonchev–Trinajstić information content (AvgIpc) is 3.72. The standard InChI is InChI=1S/C26H19ClFN7O4/c1-38-25(36)32-17-4-2-14(3-5-17)20-12-30-24(39-20)26(37)9-8-15-10-16(11-29-23(15)26)21-19(35-13-31-33-34-35)7-6-18(27)22(21)28/h2-7,10-13,37H,8-9H2,1H3,(H,32,36). The highest BCUT2D eigenvalue weighted by atomic mass is 35.5. The summed E-state index contributed by atoms with van der Waals surface area (Å²) in [6.45, 7) is 0. The molecule has 0 saturated carbocycles. The number of fused-ring (bicyclic) bond motifs is 1. The van der Waals surface area contributed by atoms with Gasteiger partial charge in [0.2, 0.25) is 5.89 Å². The average molecular weight is 548 g/mol. The number of nitrogens with zero attached hydrogens (tertiary/aromatic N) is 6. The molecule has 0 radical (unpaired) electrons. The van der Waals surface area contributed by atoms with Crippen LogP contribution in [0.3, 0.4) is 0 Å². The Morgan fingerprint density at radius 1 is 1.18 bits per heavy atom. The second-order valence-electron chi connectivity index (χ2n) is 8.83. The fraction of sp³-hybridized carbons (Fsp3) is 0.154. The predicted molar refractivity (Wildman–Crippen MR) is 137 cm³/mol. The summed E-state index contributed by atoms with van der Waals surface area (Å²) in [6.07, 6.45) is 4.50. The molecule has 1 atom stereocenters. The highest BCUT2D eigenvalue weighted by molar-refractivity contribution is 6.31. The van der Waals surface area contributed by atoms with E-state index in [0.29, 0.717) is 40.4 Å².